The molecule has 1 aliphatic rings. The SMILES string of the molecule is CC(c1nc2ccccc2s1)N1CCN(S(=O)(=O)c2c(F)cccc2F)CC1. The molecule has 9 heteroatoms. The van der Waals surface area contributed by atoms with Crippen LogP contribution in [0.25, 0.3) is 10.2 Å². The number of piperazine rings is 1. The van der Waals surface area contributed by atoms with Crippen LogP contribution in [-0.4, -0.2) is 48.8 Å². The number of halogens is 2. The molecule has 0 amide bonds. The zero-order chi connectivity index (χ0) is 19.9. The predicted molar refractivity (Wildman–Crippen MR) is 105 cm³/mol. The van der Waals surface area contributed by atoms with Crippen molar-refractivity contribution in [2.75, 3.05) is 26.2 Å². The molecule has 28 heavy (non-hydrogen) atoms. The molecule has 0 radical (unpaired) electrons. The molecule has 0 aliphatic carbocycles. The standard InChI is InChI=1S/C19H19F2N3O2S2/c1-13(19-22-16-7-2-3-8-17(16)27-19)23-9-11-24(12-10-23)28(25,26)18-14(20)5-4-6-15(18)21/h2-8,13H,9-12H2,1H3. The second-order valence-corrected chi connectivity index (χ2v) is 9.62. The van der Waals surface area contributed by atoms with E-state index in [9.17, 15) is 17.2 Å². The lowest BCUT2D eigenvalue weighted by Crippen LogP contribution is -2.49. The van der Waals surface area contributed by atoms with Crippen molar-refractivity contribution in [3.63, 3.8) is 0 Å². The van der Waals surface area contributed by atoms with Crippen molar-refractivity contribution in [2.24, 2.45) is 0 Å². The van der Waals surface area contributed by atoms with Crippen LogP contribution in [0, 0.1) is 11.6 Å². The van der Waals surface area contributed by atoms with Gasteiger partial charge in [0.05, 0.1) is 16.3 Å². The minimum atomic E-state index is -4.21. The number of benzene rings is 2. The zero-order valence-corrected chi connectivity index (χ0v) is 16.8. The van der Waals surface area contributed by atoms with Gasteiger partial charge in [0.25, 0.3) is 0 Å². The van der Waals surface area contributed by atoms with Gasteiger partial charge >= 0.3 is 0 Å². The summed E-state index contributed by atoms with van der Waals surface area (Å²) in [4.78, 5) is 5.94. The first-order chi connectivity index (χ1) is 13.4. The van der Waals surface area contributed by atoms with Gasteiger partial charge in [0, 0.05) is 26.2 Å². The van der Waals surface area contributed by atoms with Crippen LogP contribution in [-0.2, 0) is 10.0 Å². The Morgan fingerprint density at radius 1 is 1.00 bits per heavy atom. The van der Waals surface area contributed by atoms with E-state index in [0.29, 0.717) is 13.1 Å². The second-order valence-electron chi connectivity index (χ2n) is 6.69. The van der Waals surface area contributed by atoms with E-state index in [1.165, 1.54) is 0 Å². The monoisotopic (exact) mass is 423 g/mol. The van der Waals surface area contributed by atoms with Gasteiger partial charge in [0.2, 0.25) is 10.0 Å². The molecule has 1 saturated heterocycles. The van der Waals surface area contributed by atoms with Crippen molar-refractivity contribution >= 4 is 31.6 Å². The smallest absolute Gasteiger partial charge is 0.249 e. The molecule has 0 saturated carbocycles. The van der Waals surface area contributed by atoms with E-state index in [0.717, 1.165) is 37.7 Å². The maximum Gasteiger partial charge on any atom is 0.249 e. The van der Waals surface area contributed by atoms with E-state index >= 15 is 0 Å². The summed E-state index contributed by atoms with van der Waals surface area (Å²) < 4.78 is 55.6. The third kappa shape index (κ3) is 3.43. The molecule has 1 unspecified atom stereocenters. The molecular formula is C19H19F2N3O2S2. The number of rotatable bonds is 4. The van der Waals surface area contributed by atoms with E-state index in [4.69, 9.17) is 0 Å². The van der Waals surface area contributed by atoms with Crippen molar-refractivity contribution in [1.29, 1.82) is 0 Å². The Hall–Kier alpha value is -1.94. The zero-order valence-electron chi connectivity index (χ0n) is 15.2. The summed E-state index contributed by atoms with van der Waals surface area (Å²) in [7, 11) is -4.21. The highest BCUT2D eigenvalue weighted by Crippen LogP contribution is 2.31. The van der Waals surface area contributed by atoms with Crippen LogP contribution < -0.4 is 0 Å². The molecule has 0 spiro atoms. The first kappa shape index (κ1) is 19.4. The summed E-state index contributed by atoms with van der Waals surface area (Å²) in [6.45, 7) is 3.31. The van der Waals surface area contributed by atoms with Crippen molar-refractivity contribution in [3.05, 3.63) is 59.1 Å². The van der Waals surface area contributed by atoms with Crippen molar-refractivity contribution in [3.8, 4) is 0 Å². The fourth-order valence-corrected chi connectivity index (χ4v) is 6.00. The summed E-state index contributed by atoms with van der Waals surface area (Å²) in [5.74, 6) is -2.13. The molecule has 148 valence electrons. The maximum absolute atomic E-state index is 14.0. The highest BCUT2D eigenvalue weighted by Gasteiger charge is 2.34. The van der Waals surface area contributed by atoms with Gasteiger partial charge in [0.1, 0.15) is 16.6 Å². The quantitative estimate of drug-likeness (QED) is 0.643. The summed E-state index contributed by atoms with van der Waals surface area (Å²) in [6, 6.07) is 11.0. The van der Waals surface area contributed by atoms with E-state index < -0.39 is 26.6 Å². The van der Waals surface area contributed by atoms with Gasteiger partial charge in [-0.05, 0) is 31.2 Å². The van der Waals surface area contributed by atoms with Crippen LogP contribution in [0.4, 0.5) is 8.78 Å². The van der Waals surface area contributed by atoms with E-state index in [-0.39, 0.29) is 19.1 Å². The largest absolute Gasteiger partial charge is 0.292 e. The maximum atomic E-state index is 14.0. The lowest BCUT2D eigenvalue weighted by atomic mass is 10.2. The van der Waals surface area contributed by atoms with Gasteiger partial charge in [-0.25, -0.2) is 22.2 Å². The molecule has 1 fully saturated rings. The molecule has 4 rings (SSSR count). The minimum Gasteiger partial charge on any atom is -0.292 e. The number of hydrogen-bond acceptors (Lipinski definition) is 5. The fourth-order valence-electron chi connectivity index (χ4n) is 3.41. The lowest BCUT2D eigenvalue weighted by molar-refractivity contribution is 0.145. The van der Waals surface area contributed by atoms with Crippen LogP contribution in [0.15, 0.2) is 47.4 Å². The first-order valence-corrected chi connectivity index (χ1v) is 11.2. The normalized spacial score (nSPS) is 17.8. The Morgan fingerprint density at radius 2 is 1.64 bits per heavy atom. The molecule has 3 aromatic rings. The van der Waals surface area contributed by atoms with Gasteiger partial charge in [-0.15, -0.1) is 11.3 Å². The van der Waals surface area contributed by atoms with Crippen LogP contribution in [0.5, 0.6) is 0 Å². The topological polar surface area (TPSA) is 53.5 Å². The fraction of sp³-hybridized carbons (Fsp3) is 0.316. The lowest BCUT2D eigenvalue weighted by Gasteiger charge is -2.36. The summed E-state index contributed by atoms with van der Waals surface area (Å²) in [5.41, 5.74) is 0.950. The van der Waals surface area contributed by atoms with Crippen molar-refractivity contribution in [1.82, 2.24) is 14.2 Å². The molecule has 2 heterocycles. The minimum absolute atomic E-state index is 0.0347. The van der Waals surface area contributed by atoms with Gasteiger partial charge < -0.3 is 0 Å². The number of hydrogen-bond donors (Lipinski definition) is 0. The molecule has 1 aliphatic heterocycles. The predicted octanol–water partition coefficient (Wildman–Crippen LogP) is 3.64. The summed E-state index contributed by atoms with van der Waals surface area (Å²) >= 11 is 1.62. The molecular weight excluding hydrogens is 404 g/mol. The van der Waals surface area contributed by atoms with Gasteiger partial charge in [-0.3, -0.25) is 4.90 Å². The van der Waals surface area contributed by atoms with Crippen molar-refractivity contribution in [2.45, 2.75) is 17.9 Å². The Bertz CT molecular complexity index is 1060. The number of thiazole rings is 1. The number of para-hydroxylation sites is 1. The first-order valence-electron chi connectivity index (χ1n) is 8.91. The van der Waals surface area contributed by atoms with Crippen LogP contribution in [0.2, 0.25) is 0 Å². The van der Waals surface area contributed by atoms with E-state index in [1.807, 2.05) is 31.2 Å². The molecule has 1 atom stereocenters. The third-order valence-corrected chi connectivity index (χ3v) is 8.16. The Kier molecular flexibility index (Phi) is 5.17. The number of fused-ring (bicyclic) bond motifs is 1. The second kappa shape index (κ2) is 7.47. The highest BCUT2D eigenvalue weighted by atomic mass is 32.2. The van der Waals surface area contributed by atoms with Crippen LogP contribution >= 0.6 is 11.3 Å². The number of aromatic nitrogens is 1. The van der Waals surface area contributed by atoms with Crippen LogP contribution in [0.3, 0.4) is 0 Å². The Morgan fingerprint density at radius 3 is 2.29 bits per heavy atom. The molecule has 0 N–H and O–H groups in total. The summed E-state index contributed by atoms with van der Waals surface area (Å²) in [6.07, 6.45) is 0. The molecule has 5 nitrogen and oxygen atoms in total. The van der Waals surface area contributed by atoms with Gasteiger partial charge in [0.15, 0.2) is 4.90 Å². The average Bonchev–Trinajstić information content (AvgIpc) is 3.11. The molecule has 1 aromatic heterocycles. The van der Waals surface area contributed by atoms with Crippen LogP contribution in [0.1, 0.15) is 18.0 Å². The molecule has 2 aromatic carbocycles. The molecule has 0 bridgehead atoms. The average molecular weight is 424 g/mol. The van der Waals surface area contributed by atoms with Crippen molar-refractivity contribution < 1.29 is 17.2 Å². The van der Waals surface area contributed by atoms with Gasteiger partial charge in [-0.1, -0.05) is 18.2 Å². The third-order valence-electron chi connectivity index (χ3n) is 5.01. The Balaban J connectivity index is 1.49. The number of nitrogens with zero attached hydrogens (tertiary/aromatic N) is 3. The highest BCUT2D eigenvalue weighted by molar-refractivity contribution is 7.89. The summed E-state index contributed by atoms with van der Waals surface area (Å²) in [5, 5.41) is 0.970. The van der Waals surface area contributed by atoms with E-state index in [2.05, 4.69) is 9.88 Å². The van der Waals surface area contributed by atoms with E-state index in [1.54, 1.807) is 11.3 Å². The Labute approximate surface area is 166 Å². The van der Waals surface area contributed by atoms with Gasteiger partial charge in [-0.2, -0.15) is 4.31 Å². The number of sulfonamides is 1.